The first-order valence-corrected chi connectivity index (χ1v) is 7.80. The second-order valence-electron chi connectivity index (χ2n) is 4.97. The maximum Gasteiger partial charge on any atom is 0.270 e. The summed E-state index contributed by atoms with van der Waals surface area (Å²) in [6, 6.07) is 3.31. The molecule has 0 spiro atoms. The van der Waals surface area contributed by atoms with Gasteiger partial charge >= 0.3 is 0 Å². The summed E-state index contributed by atoms with van der Waals surface area (Å²) in [7, 11) is 0. The van der Waals surface area contributed by atoms with Crippen molar-refractivity contribution in [3.05, 3.63) is 32.3 Å². The number of aryl methyl sites for hydroxylation is 1. The van der Waals surface area contributed by atoms with Crippen molar-refractivity contribution in [3.63, 3.8) is 0 Å². The fourth-order valence-electron chi connectivity index (χ4n) is 2.66. The maximum absolute atomic E-state index is 11.0. The zero-order chi connectivity index (χ0) is 14.7. The molecule has 1 fully saturated rings. The van der Waals surface area contributed by atoms with Crippen molar-refractivity contribution in [3.8, 4) is 0 Å². The van der Waals surface area contributed by atoms with Crippen LogP contribution in [0.5, 0.6) is 0 Å². The standard InChI is InChI=1S/C14H20BrN3O2/c1-3-11-9-12(18(19)20)10-13(15)14(11)17-7-5-16(4-2)6-8-17/h9-10H,3-8H2,1-2H3. The van der Waals surface area contributed by atoms with Crippen LogP contribution in [0.2, 0.25) is 0 Å². The first kappa shape index (κ1) is 15.3. The number of nitro groups is 1. The summed E-state index contributed by atoms with van der Waals surface area (Å²) in [6.45, 7) is 9.32. The predicted octanol–water partition coefficient (Wildman–Crippen LogP) is 3.06. The Balaban J connectivity index is 2.29. The van der Waals surface area contributed by atoms with Crippen LogP contribution in [-0.4, -0.2) is 42.5 Å². The van der Waals surface area contributed by atoms with Crippen LogP contribution < -0.4 is 4.90 Å². The Labute approximate surface area is 127 Å². The molecule has 1 aliphatic rings. The van der Waals surface area contributed by atoms with Gasteiger partial charge in [0.05, 0.1) is 10.6 Å². The highest BCUT2D eigenvalue weighted by Crippen LogP contribution is 2.35. The van der Waals surface area contributed by atoms with Crippen LogP contribution in [0.1, 0.15) is 19.4 Å². The molecule has 1 heterocycles. The molecule has 0 aliphatic carbocycles. The number of anilines is 1. The van der Waals surface area contributed by atoms with Gasteiger partial charge in [0.2, 0.25) is 0 Å². The summed E-state index contributed by atoms with van der Waals surface area (Å²) in [6.07, 6.45) is 0.795. The van der Waals surface area contributed by atoms with Gasteiger partial charge in [0.25, 0.3) is 5.69 Å². The van der Waals surface area contributed by atoms with E-state index in [2.05, 4.69) is 32.7 Å². The lowest BCUT2D eigenvalue weighted by molar-refractivity contribution is -0.385. The molecule has 110 valence electrons. The number of benzene rings is 1. The van der Waals surface area contributed by atoms with E-state index < -0.39 is 0 Å². The maximum atomic E-state index is 11.0. The molecule has 0 radical (unpaired) electrons. The van der Waals surface area contributed by atoms with Crippen LogP contribution in [0.3, 0.4) is 0 Å². The first-order chi connectivity index (χ1) is 9.56. The van der Waals surface area contributed by atoms with E-state index in [1.54, 1.807) is 12.1 Å². The minimum Gasteiger partial charge on any atom is -0.368 e. The van der Waals surface area contributed by atoms with Gasteiger partial charge in [-0.15, -0.1) is 0 Å². The highest BCUT2D eigenvalue weighted by molar-refractivity contribution is 9.10. The molecule has 6 heteroatoms. The molecule has 0 amide bonds. The number of piperazine rings is 1. The Morgan fingerprint density at radius 2 is 1.90 bits per heavy atom. The van der Waals surface area contributed by atoms with E-state index in [1.165, 1.54) is 0 Å². The van der Waals surface area contributed by atoms with Gasteiger partial charge in [-0.05, 0) is 34.5 Å². The minimum atomic E-state index is -0.331. The molecule has 0 saturated carbocycles. The molecule has 2 rings (SSSR count). The highest BCUT2D eigenvalue weighted by atomic mass is 79.9. The number of hydrogen-bond acceptors (Lipinski definition) is 4. The van der Waals surface area contributed by atoms with E-state index in [1.807, 2.05) is 6.92 Å². The fourth-order valence-corrected chi connectivity index (χ4v) is 3.40. The molecule has 20 heavy (non-hydrogen) atoms. The van der Waals surface area contributed by atoms with E-state index in [-0.39, 0.29) is 10.6 Å². The van der Waals surface area contributed by atoms with E-state index in [4.69, 9.17) is 0 Å². The smallest absolute Gasteiger partial charge is 0.270 e. The second-order valence-corrected chi connectivity index (χ2v) is 5.82. The molecule has 0 atom stereocenters. The van der Waals surface area contributed by atoms with Crippen molar-refractivity contribution in [1.82, 2.24) is 4.90 Å². The number of rotatable bonds is 4. The molecular weight excluding hydrogens is 322 g/mol. The van der Waals surface area contributed by atoms with Crippen molar-refractivity contribution in [1.29, 1.82) is 0 Å². The molecule has 0 bridgehead atoms. The molecule has 0 unspecified atom stereocenters. The molecule has 0 aromatic heterocycles. The number of hydrogen-bond donors (Lipinski definition) is 0. The van der Waals surface area contributed by atoms with Gasteiger partial charge in [0.15, 0.2) is 0 Å². The van der Waals surface area contributed by atoms with Gasteiger partial charge in [0, 0.05) is 42.8 Å². The monoisotopic (exact) mass is 341 g/mol. The van der Waals surface area contributed by atoms with E-state index in [0.717, 1.165) is 54.9 Å². The van der Waals surface area contributed by atoms with Gasteiger partial charge in [-0.1, -0.05) is 13.8 Å². The van der Waals surface area contributed by atoms with Gasteiger partial charge in [-0.25, -0.2) is 0 Å². The van der Waals surface area contributed by atoms with E-state index in [9.17, 15) is 10.1 Å². The fraction of sp³-hybridized carbons (Fsp3) is 0.571. The Morgan fingerprint density at radius 3 is 2.40 bits per heavy atom. The lowest BCUT2D eigenvalue weighted by Gasteiger charge is -2.37. The molecular formula is C14H20BrN3O2. The summed E-state index contributed by atoms with van der Waals surface area (Å²) in [4.78, 5) is 15.4. The Hall–Kier alpha value is -1.14. The van der Waals surface area contributed by atoms with E-state index >= 15 is 0 Å². The summed E-state index contributed by atoms with van der Waals surface area (Å²) in [5, 5.41) is 11.0. The van der Waals surface area contributed by atoms with E-state index in [0.29, 0.717) is 0 Å². The van der Waals surface area contributed by atoms with Crippen LogP contribution in [0, 0.1) is 10.1 Å². The second kappa shape index (κ2) is 6.54. The third-order valence-corrected chi connectivity index (χ3v) is 4.46. The number of non-ortho nitro benzene ring substituents is 1. The molecule has 1 aliphatic heterocycles. The minimum absolute atomic E-state index is 0.157. The van der Waals surface area contributed by atoms with Crippen molar-refractivity contribution in [2.75, 3.05) is 37.6 Å². The zero-order valence-corrected chi connectivity index (χ0v) is 13.5. The van der Waals surface area contributed by atoms with Crippen LogP contribution >= 0.6 is 15.9 Å². The number of halogens is 1. The number of nitrogens with zero attached hydrogens (tertiary/aromatic N) is 3. The molecule has 1 aromatic rings. The van der Waals surface area contributed by atoms with Crippen LogP contribution in [-0.2, 0) is 6.42 Å². The van der Waals surface area contributed by atoms with Gasteiger partial charge in [-0.2, -0.15) is 0 Å². The average Bonchev–Trinajstić information content (AvgIpc) is 2.46. The third-order valence-electron chi connectivity index (χ3n) is 3.85. The summed E-state index contributed by atoms with van der Waals surface area (Å²) < 4.78 is 0.827. The zero-order valence-electron chi connectivity index (χ0n) is 11.9. The van der Waals surface area contributed by atoms with Gasteiger partial charge in [-0.3, -0.25) is 10.1 Å². The number of likely N-dealkylation sites (N-methyl/N-ethyl adjacent to an activating group) is 1. The van der Waals surface area contributed by atoms with Crippen LogP contribution in [0.15, 0.2) is 16.6 Å². The van der Waals surface area contributed by atoms with Gasteiger partial charge < -0.3 is 9.80 Å². The SMILES string of the molecule is CCc1cc([N+](=O)[O-])cc(Br)c1N1CCN(CC)CC1. The lowest BCUT2D eigenvalue weighted by Crippen LogP contribution is -2.46. The summed E-state index contributed by atoms with van der Waals surface area (Å²) >= 11 is 3.52. The van der Waals surface area contributed by atoms with Crippen molar-refractivity contribution in [2.45, 2.75) is 20.3 Å². The predicted molar refractivity (Wildman–Crippen MR) is 84.5 cm³/mol. The number of nitro benzene ring substituents is 1. The topological polar surface area (TPSA) is 49.6 Å². The Morgan fingerprint density at radius 1 is 1.25 bits per heavy atom. The van der Waals surface area contributed by atoms with Crippen molar-refractivity contribution >= 4 is 27.3 Å². The highest BCUT2D eigenvalue weighted by Gasteiger charge is 2.22. The normalized spacial score (nSPS) is 16.4. The van der Waals surface area contributed by atoms with Gasteiger partial charge in [0.1, 0.15) is 0 Å². The summed E-state index contributed by atoms with van der Waals surface area (Å²) in [5.41, 5.74) is 2.31. The Kier molecular flexibility index (Phi) is 4.99. The quantitative estimate of drug-likeness (QED) is 0.623. The average molecular weight is 342 g/mol. The molecule has 1 saturated heterocycles. The third kappa shape index (κ3) is 3.12. The largest absolute Gasteiger partial charge is 0.368 e. The van der Waals surface area contributed by atoms with Crippen LogP contribution in [0.4, 0.5) is 11.4 Å². The Bertz CT molecular complexity index is 499. The first-order valence-electron chi connectivity index (χ1n) is 7.00. The molecule has 0 N–H and O–H groups in total. The van der Waals surface area contributed by atoms with Crippen LogP contribution in [0.25, 0.3) is 0 Å². The van der Waals surface area contributed by atoms with Crippen molar-refractivity contribution in [2.24, 2.45) is 0 Å². The molecule has 5 nitrogen and oxygen atoms in total. The lowest BCUT2D eigenvalue weighted by atomic mass is 10.1. The molecule has 1 aromatic carbocycles. The summed E-state index contributed by atoms with van der Waals surface area (Å²) in [5.74, 6) is 0. The van der Waals surface area contributed by atoms with Crippen molar-refractivity contribution < 1.29 is 4.92 Å².